The van der Waals surface area contributed by atoms with Crippen molar-refractivity contribution in [3.8, 4) is 5.69 Å². The number of hydrogen-bond donors (Lipinski definition) is 3. The highest BCUT2D eigenvalue weighted by atomic mass is 35.5. The SMILES string of the molecule is Cl.NC(c1ccc(-n2ncc3c(=O)n(CC4(O)CCNCC4)cnc32)cc1)C(F)(F)F. The van der Waals surface area contributed by atoms with Crippen molar-refractivity contribution in [3.05, 3.63) is 52.7 Å². The van der Waals surface area contributed by atoms with E-state index in [9.17, 15) is 23.1 Å². The quantitative estimate of drug-likeness (QED) is 0.548. The van der Waals surface area contributed by atoms with E-state index in [1.165, 1.54) is 46.0 Å². The first kappa shape index (κ1) is 23.2. The number of piperidine rings is 1. The minimum absolute atomic E-state index is 0. The van der Waals surface area contributed by atoms with Gasteiger partial charge >= 0.3 is 6.18 Å². The Bertz CT molecular complexity index is 1110. The molecule has 1 saturated heterocycles. The second kappa shape index (κ2) is 8.58. The molecule has 1 aromatic carbocycles. The molecule has 4 rings (SSSR count). The molecule has 0 aliphatic carbocycles. The average molecular weight is 459 g/mol. The van der Waals surface area contributed by atoms with Crippen LogP contribution in [0.3, 0.4) is 0 Å². The van der Waals surface area contributed by atoms with Crippen LogP contribution in [0.25, 0.3) is 16.7 Å². The number of aliphatic hydroxyl groups is 1. The lowest BCUT2D eigenvalue weighted by Gasteiger charge is -2.32. The summed E-state index contributed by atoms with van der Waals surface area (Å²) in [6.45, 7) is 1.48. The smallest absolute Gasteiger partial charge is 0.388 e. The van der Waals surface area contributed by atoms with Gasteiger partial charge < -0.3 is 16.2 Å². The Balaban J connectivity index is 0.00000272. The van der Waals surface area contributed by atoms with Gasteiger partial charge in [0, 0.05) is 0 Å². The molecule has 4 N–H and O–H groups in total. The first-order valence-electron chi connectivity index (χ1n) is 9.47. The molecular weight excluding hydrogens is 437 g/mol. The third-order valence-electron chi connectivity index (χ3n) is 5.40. The molecule has 1 unspecified atom stereocenters. The fourth-order valence-electron chi connectivity index (χ4n) is 3.63. The van der Waals surface area contributed by atoms with Crippen molar-refractivity contribution < 1.29 is 18.3 Å². The van der Waals surface area contributed by atoms with E-state index in [0.29, 0.717) is 31.6 Å². The zero-order chi connectivity index (χ0) is 21.5. The van der Waals surface area contributed by atoms with E-state index in [1.54, 1.807) is 0 Å². The monoisotopic (exact) mass is 458 g/mol. The Morgan fingerprint density at radius 2 is 1.87 bits per heavy atom. The fourth-order valence-corrected chi connectivity index (χ4v) is 3.63. The first-order chi connectivity index (χ1) is 14.2. The van der Waals surface area contributed by atoms with Crippen LogP contribution in [0.2, 0.25) is 0 Å². The number of fused-ring (bicyclic) bond motifs is 1. The number of rotatable bonds is 4. The lowest BCUT2D eigenvalue weighted by Crippen LogP contribution is -2.46. The van der Waals surface area contributed by atoms with Crippen molar-refractivity contribution >= 4 is 23.4 Å². The molecule has 0 spiro atoms. The van der Waals surface area contributed by atoms with Gasteiger partial charge in [-0.2, -0.15) is 18.3 Å². The molecule has 1 atom stereocenters. The molecule has 3 aromatic rings. The standard InChI is InChI=1S/C19H21F3N6O2.ClH/c20-19(21,22)15(23)12-1-3-13(4-2-12)28-16-14(9-26-28)17(29)27(11-25-16)10-18(30)5-7-24-8-6-18;/h1-4,9,11,15,24,30H,5-8,10,23H2;1H. The van der Waals surface area contributed by atoms with E-state index in [1.807, 2.05) is 0 Å². The van der Waals surface area contributed by atoms with Crippen molar-refractivity contribution in [2.45, 2.75) is 37.2 Å². The number of nitrogens with one attached hydrogen (secondary N) is 1. The van der Waals surface area contributed by atoms with E-state index in [4.69, 9.17) is 5.73 Å². The predicted octanol–water partition coefficient (Wildman–Crippen LogP) is 1.68. The number of alkyl halides is 3. The van der Waals surface area contributed by atoms with Crippen LogP contribution in [0, 0.1) is 0 Å². The summed E-state index contributed by atoms with van der Waals surface area (Å²) in [7, 11) is 0. The van der Waals surface area contributed by atoms with Crippen LogP contribution in [0.1, 0.15) is 24.4 Å². The topological polar surface area (TPSA) is 111 Å². The molecule has 0 bridgehead atoms. The molecule has 1 aliphatic rings. The second-order valence-electron chi connectivity index (χ2n) is 7.56. The first-order valence-corrected chi connectivity index (χ1v) is 9.47. The molecule has 0 amide bonds. The number of benzene rings is 1. The summed E-state index contributed by atoms with van der Waals surface area (Å²) in [5.74, 6) is 0. The molecule has 1 aliphatic heterocycles. The summed E-state index contributed by atoms with van der Waals surface area (Å²) in [6.07, 6.45) is -0.753. The van der Waals surface area contributed by atoms with Gasteiger partial charge in [0.05, 0.1) is 24.0 Å². The molecule has 0 radical (unpaired) electrons. The number of nitrogens with zero attached hydrogens (tertiary/aromatic N) is 4. The summed E-state index contributed by atoms with van der Waals surface area (Å²) in [5, 5.41) is 18.3. The number of halogens is 4. The lowest BCUT2D eigenvalue weighted by atomic mass is 9.92. The van der Waals surface area contributed by atoms with Gasteiger partial charge in [0.25, 0.3) is 5.56 Å². The maximum Gasteiger partial charge on any atom is 0.407 e. The summed E-state index contributed by atoms with van der Waals surface area (Å²) < 4.78 is 41.1. The maximum atomic E-state index is 12.8. The third kappa shape index (κ3) is 4.59. The van der Waals surface area contributed by atoms with E-state index < -0.39 is 17.8 Å². The Morgan fingerprint density at radius 1 is 1.23 bits per heavy atom. The van der Waals surface area contributed by atoms with Crippen molar-refractivity contribution in [2.24, 2.45) is 5.73 Å². The molecule has 168 valence electrons. The van der Waals surface area contributed by atoms with Crippen LogP contribution in [0.4, 0.5) is 13.2 Å². The van der Waals surface area contributed by atoms with E-state index in [0.717, 1.165) is 0 Å². The normalized spacial score (nSPS) is 17.3. The largest absolute Gasteiger partial charge is 0.407 e. The molecular formula is C19H22ClF3N6O2. The minimum Gasteiger partial charge on any atom is -0.388 e. The maximum absolute atomic E-state index is 12.8. The van der Waals surface area contributed by atoms with Crippen LogP contribution in [0.5, 0.6) is 0 Å². The highest BCUT2D eigenvalue weighted by molar-refractivity contribution is 5.85. The van der Waals surface area contributed by atoms with Crippen LogP contribution >= 0.6 is 12.4 Å². The van der Waals surface area contributed by atoms with Crippen molar-refractivity contribution in [3.63, 3.8) is 0 Å². The Kier molecular flexibility index (Phi) is 6.42. The van der Waals surface area contributed by atoms with Gasteiger partial charge in [0.15, 0.2) is 5.65 Å². The van der Waals surface area contributed by atoms with Gasteiger partial charge in [0.2, 0.25) is 0 Å². The Labute approximate surface area is 181 Å². The van der Waals surface area contributed by atoms with Crippen molar-refractivity contribution in [1.29, 1.82) is 0 Å². The van der Waals surface area contributed by atoms with E-state index in [-0.39, 0.29) is 41.1 Å². The van der Waals surface area contributed by atoms with Crippen LogP contribution in [-0.2, 0) is 6.54 Å². The highest BCUT2D eigenvalue weighted by Gasteiger charge is 2.37. The van der Waals surface area contributed by atoms with Crippen LogP contribution in [0.15, 0.2) is 41.6 Å². The molecule has 31 heavy (non-hydrogen) atoms. The number of hydrogen-bond acceptors (Lipinski definition) is 6. The summed E-state index contributed by atoms with van der Waals surface area (Å²) in [6, 6.07) is 3.35. The van der Waals surface area contributed by atoms with Gasteiger partial charge in [-0.1, -0.05) is 12.1 Å². The lowest BCUT2D eigenvalue weighted by molar-refractivity contribution is -0.149. The summed E-state index contributed by atoms with van der Waals surface area (Å²) in [5.41, 5.74) is 4.56. The molecule has 3 heterocycles. The van der Waals surface area contributed by atoms with E-state index in [2.05, 4.69) is 15.4 Å². The molecule has 12 heteroatoms. The van der Waals surface area contributed by atoms with Gasteiger partial charge in [-0.05, 0) is 43.6 Å². The molecule has 1 fully saturated rings. The van der Waals surface area contributed by atoms with Crippen molar-refractivity contribution in [2.75, 3.05) is 13.1 Å². The Hall–Kier alpha value is -2.47. The van der Waals surface area contributed by atoms with Gasteiger partial charge in [-0.3, -0.25) is 9.36 Å². The predicted molar refractivity (Wildman–Crippen MR) is 110 cm³/mol. The number of nitrogens with two attached hydrogens (primary N) is 1. The van der Waals surface area contributed by atoms with Gasteiger partial charge in [-0.15, -0.1) is 12.4 Å². The highest BCUT2D eigenvalue weighted by Crippen LogP contribution is 2.30. The van der Waals surface area contributed by atoms with E-state index >= 15 is 0 Å². The molecule has 2 aromatic heterocycles. The van der Waals surface area contributed by atoms with Crippen LogP contribution < -0.4 is 16.6 Å². The van der Waals surface area contributed by atoms with Crippen LogP contribution in [-0.4, -0.2) is 49.3 Å². The van der Waals surface area contributed by atoms with Gasteiger partial charge in [-0.25, -0.2) is 9.67 Å². The number of aromatic nitrogens is 4. The third-order valence-corrected chi connectivity index (χ3v) is 5.40. The van der Waals surface area contributed by atoms with Crippen molar-refractivity contribution in [1.82, 2.24) is 24.6 Å². The summed E-state index contributed by atoms with van der Waals surface area (Å²) in [4.78, 5) is 17.1. The zero-order valence-corrected chi connectivity index (χ0v) is 17.2. The average Bonchev–Trinajstić information content (AvgIpc) is 3.14. The summed E-state index contributed by atoms with van der Waals surface area (Å²) >= 11 is 0. The van der Waals surface area contributed by atoms with Gasteiger partial charge in [0.1, 0.15) is 17.8 Å². The fraction of sp³-hybridized carbons (Fsp3) is 0.421. The molecule has 0 saturated carbocycles. The zero-order valence-electron chi connectivity index (χ0n) is 16.3. The Morgan fingerprint density at radius 3 is 2.48 bits per heavy atom. The molecule has 8 nitrogen and oxygen atoms in total. The minimum atomic E-state index is -4.54. The second-order valence-corrected chi connectivity index (χ2v) is 7.56.